The zero-order chi connectivity index (χ0) is 18.4. The second-order valence-electron chi connectivity index (χ2n) is 5.87. The second kappa shape index (κ2) is 8.25. The molecule has 0 saturated heterocycles. The summed E-state index contributed by atoms with van der Waals surface area (Å²) >= 11 is 0. The van der Waals surface area contributed by atoms with E-state index in [1.807, 2.05) is 37.3 Å². The molecule has 26 heavy (non-hydrogen) atoms. The lowest BCUT2D eigenvalue weighted by Crippen LogP contribution is -2.30. The Balaban J connectivity index is 1.68. The quantitative estimate of drug-likeness (QED) is 0.706. The van der Waals surface area contributed by atoms with Crippen LogP contribution in [0.15, 0.2) is 72.9 Å². The molecule has 0 unspecified atom stereocenters. The summed E-state index contributed by atoms with van der Waals surface area (Å²) < 4.78 is 13.0. The number of rotatable bonds is 6. The predicted octanol–water partition coefficient (Wildman–Crippen LogP) is 4.63. The van der Waals surface area contributed by atoms with Gasteiger partial charge in [0.2, 0.25) is 0 Å². The highest BCUT2D eigenvalue weighted by atomic mass is 19.1. The van der Waals surface area contributed by atoms with Crippen LogP contribution in [-0.2, 0) is 6.54 Å². The van der Waals surface area contributed by atoms with Gasteiger partial charge in [0.25, 0.3) is 5.91 Å². The fourth-order valence-corrected chi connectivity index (χ4v) is 2.59. The van der Waals surface area contributed by atoms with Crippen LogP contribution in [0.2, 0.25) is 0 Å². The molecule has 132 valence electrons. The Bertz CT molecular complexity index is 849. The van der Waals surface area contributed by atoms with Gasteiger partial charge in [-0.25, -0.2) is 9.37 Å². The minimum atomic E-state index is -0.285. The molecule has 0 spiro atoms. The highest BCUT2D eigenvalue weighted by Gasteiger charge is 2.15. The van der Waals surface area contributed by atoms with E-state index >= 15 is 0 Å². The lowest BCUT2D eigenvalue weighted by atomic mass is 10.2. The minimum Gasteiger partial charge on any atom is -0.354 e. The van der Waals surface area contributed by atoms with Gasteiger partial charge in [-0.15, -0.1) is 0 Å². The molecule has 1 heterocycles. The number of aromatic nitrogens is 1. The summed E-state index contributed by atoms with van der Waals surface area (Å²) in [5.74, 6) is -0.391. The summed E-state index contributed by atoms with van der Waals surface area (Å²) in [7, 11) is 0. The van der Waals surface area contributed by atoms with Gasteiger partial charge in [-0.2, -0.15) is 0 Å². The SMILES string of the molecule is CCN(Cc1ccccc1)C(=O)c1ccc(Nc2ccc(F)cc2)cn1. The zero-order valence-electron chi connectivity index (χ0n) is 14.5. The van der Waals surface area contributed by atoms with Crippen LogP contribution in [0.3, 0.4) is 0 Å². The number of nitrogens with one attached hydrogen (secondary N) is 1. The molecule has 0 fully saturated rings. The fraction of sp³-hybridized carbons (Fsp3) is 0.143. The molecule has 0 saturated carbocycles. The van der Waals surface area contributed by atoms with Crippen molar-refractivity contribution in [3.63, 3.8) is 0 Å². The molecule has 0 bridgehead atoms. The second-order valence-corrected chi connectivity index (χ2v) is 5.87. The lowest BCUT2D eigenvalue weighted by molar-refractivity contribution is 0.0746. The average molecular weight is 349 g/mol. The van der Waals surface area contributed by atoms with Gasteiger partial charge in [0.1, 0.15) is 11.5 Å². The Morgan fingerprint density at radius 3 is 2.31 bits per heavy atom. The van der Waals surface area contributed by atoms with E-state index in [9.17, 15) is 9.18 Å². The van der Waals surface area contributed by atoms with Crippen molar-refractivity contribution >= 4 is 17.3 Å². The summed E-state index contributed by atoms with van der Waals surface area (Å²) in [6.07, 6.45) is 1.60. The molecule has 0 aliphatic heterocycles. The van der Waals surface area contributed by atoms with Crippen LogP contribution in [-0.4, -0.2) is 22.3 Å². The number of carbonyl (C=O) groups is 1. The van der Waals surface area contributed by atoms with E-state index in [1.54, 1.807) is 35.4 Å². The van der Waals surface area contributed by atoms with Crippen molar-refractivity contribution in [1.82, 2.24) is 9.88 Å². The molecule has 2 aromatic carbocycles. The summed E-state index contributed by atoms with van der Waals surface area (Å²) in [6, 6.07) is 19.4. The lowest BCUT2D eigenvalue weighted by Gasteiger charge is -2.20. The number of hydrogen-bond acceptors (Lipinski definition) is 3. The molecule has 4 nitrogen and oxygen atoms in total. The number of anilines is 2. The van der Waals surface area contributed by atoms with Crippen LogP contribution in [0.4, 0.5) is 15.8 Å². The number of benzene rings is 2. The minimum absolute atomic E-state index is 0.107. The Labute approximate surface area is 152 Å². The topological polar surface area (TPSA) is 45.2 Å². The average Bonchev–Trinajstić information content (AvgIpc) is 2.69. The van der Waals surface area contributed by atoms with Crippen molar-refractivity contribution in [1.29, 1.82) is 0 Å². The Kier molecular flexibility index (Phi) is 5.59. The first-order valence-corrected chi connectivity index (χ1v) is 8.47. The molecule has 0 atom stereocenters. The van der Waals surface area contributed by atoms with Crippen molar-refractivity contribution in [2.45, 2.75) is 13.5 Å². The number of pyridine rings is 1. The monoisotopic (exact) mass is 349 g/mol. The molecule has 0 aliphatic rings. The molecule has 3 rings (SSSR count). The molecule has 1 amide bonds. The Morgan fingerprint density at radius 2 is 1.69 bits per heavy atom. The summed E-state index contributed by atoms with van der Waals surface area (Å²) in [4.78, 5) is 18.7. The molecule has 0 aliphatic carbocycles. The van der Waals surface area contributed by atoms with Crippen LogP contribution in [0.5, 0.6) is 0 Å². The maximum absolute atomic E-state index is 13.0. The van der Waals surface area contributed by atoms with Crippen molar-refractivity contribution in [3.05, 3.63) is 90.0 Å². The van der Waals surface area contributed by atoms with Gasteiger partial charge in [-0.1, -0.05) is 30.3 Å². The van der Waals surface area contributed by atoms with Gasteiger partial charge >= 0.3 is 0 Å². The van der Waals surface area contributed by atoms with E-state index in [0.717, 1.165) is 16.9 Å². The largest absolute Gasteiger partial charge is 0.354 e. The molecule has 1 N–H and O–H groups in total. The molecular weight excluding hydrogens is 329 g/mol. The third-order valence-corrected chi connectivity index (χ3v) is 4.00. The van der Waals surface area contributed by atoms with Crippen LogP contribution >= 0.6 is 0 Å². The number of nitrogens with zero attached hydrogens (tertiary/aromatic N) is 2. The number of amides is 1. The van der Waals surface area contributed by atoms with Crippen LogP contribution in [0.1, 0.15) is 23.0 Å². The summed E-state index contributed by atoms with van der Waals surface area (Å²) in [5.41, 5.74) is 2.97. The first-order valence-electron chi connectivity index (χ1n) is 8.47. The fourth-order valence-electron chi connectivity index (χ4n) is 2.59. The van der Waals surface area contributed by atoms with Crippen LogP contribution in [0, 0.1) is 5.82 Å². The summed E-state index contributed by atoms with van der Waals surface area (Å²) in [5, 5.41) is 3.13. The van der Waals surface area contributed by atoms with Gasteiger partial charge in [0.05, 0.1) is 11.9 Å². The maximum atomic E-state index is 13.0. The smallest absolute Gasteiger partial charge is 0.272 e. The highest BCUT2D eigenvalue weighted by Crippen LogP contribution is 2.17. The van der Waals surface area contributed by atoms with E-state index in [0.29, 0.717) is 18.8 Å². The van der Waals surface area contributed by atoms with E-state index in [4.69, 9.17) is 0 Å². The number of carbonyl (C=O) groups excluding carboxylic acids is 1. The Hall–Kier alpha value is -3.21. The van der Waals surface area contributed by atoms with Crippen molar-refractivity contribution in [2.24, 2.45) is 0 Å². The van der Waals surface area contributed by atoms with Gasteiger partial charge < -0.3 is 10.2 Å². The molecule has 0 radical (unpaired) electrons. The third kappa shape index (κ3) is 4.45. The normalized spacial score (nSPS) is 10.4. The van der Waals surface area contributed by atoms with Gasteiger partial charge in [0, 0.05) is 18.8 Å². The predicted molar refractivity (Wildman–Crippen MR) is 101 cm³/mol. The Morgan fingerprint density at radius 1 is 1.00 bits per heavy atom. The van der Waals surface area contributed by atoms with Crippen LogP contribution in [0.25, 0.3) is 0 Å². The van der Waals surface area contributed by atoms with Crippen molar-refractivity contribution < 1.29 is 9.18 Å². The van der Waals surface area contributed by atoms with E-state index in [2.05, 4.69) is 10.3 Å². The molecule has 1 aromatic heterocycles. The third-order valence-electron chi connectivity index (χ3n) is 4.00. The molecule has 5 heteroatoms. The number of hydrogen-bond donors (Lipinski definition) is 1. The van der Waals surface area contributed by atoms with Crippen molar-refractivity contribution in [3.8, 4) is 0 Å². The number of halogens is 1. The molecule has 3 aromatic rings. The van der Waals surface area contributed by atoms with E-state index < -0.39 is 0 Å². The highest BCUT2D eigenvalue weighted by molar-refractivity contribution is 5.92. The van der Waals surface area contributed by atoms with Crippen molar-refractivity contribution in [2.75, 3.05) is 11.9 Å². The van der Waals surface area contributed by atoms with E-state index in [-0.39, 0.29) is 11.7 Å². The first kappa shape index (κ1) is 17.6. The summed E-state index contributed by atoms with van der Waals surface area (Å²) in [6.45, 7) is 3.10. The van der Waals surface area contributed by atoms with Gasteiger partial charge in [-0.3, -0.25) is 4.79 Å². The van der Waals surface area contributed by atoms with Gasteiger partial charge in [0.15, 0.2) is 0 Å². The standard InChI is InChI=1S/C21H20FN3O/c1-2-25(15-16-6-4-3-5-7-16)21(26)20-13-12-19(14-23-20)24-18-10-8-17(22)9-11-18/h3-14,24H,2,15H2,1H3. The zero-order valence-corrected chi connectivity index (χ0v) is 14.5. The van der Waals surface area contributed by atoms with Crippen LogP contribution < -0.4 is 5.32 Å². The van der Waals surface area contributed by atoms with Gasteiger partial charge in [-0.05, 0) is 48.9 Å². The first-order chi connectivity index (χ1) is 12.7. The van der Waals surface area contributed by atoms with E-state index in [1.165, 1.54) is 12.1 Å². The maximum Gasteiger partial charge on any atom is 0.272 e. The molecular formula is C21H20FN3O.